The predicted molar refractivity (Wildman–Crippen MR) is 136 cm³/mol. The molecular formula is C26H34N4O3S. The van der Waals surface area contributed by atoms with Crippen LogP contribution in [0.1, 0.15) is 65.3 Å². The normalized spacial score (nSPS) is 17.1. The molecule has 1 aromatic heterocycles. The Labute approximate surface area is 205 Å². The molecule has 3 amide bonds. The highest BCUT2D eigenvalue weighted by molar-refractivity contribution is 7.14. The van der Waals surface area contributed by atoms with Crippen LogP contribution in [0.5, 0.6) is 0 Å². The van der Waals surface area contributed by atoms with Gasteiger partial charge < -0.3 is 15.1 Å². The fourth-order valence-corrected chi connectivity index (χ4v) is 5.26. The molecule has 2 aromatic rings. The first-order valence-electron chi connectivity index (χ1n) is 12.2. The number of nitrogens with one attached hydrogen (secondary N) is 1. The van der Waals surface area contributed by atoms with Gasteiger partial charge in [-0.3, -0.25) is 19.3 Å². The first kappa shape index (κ1) is 24.4. The summed E-state index contributed by atoms with van der Waals surface area (Å²) in [5.41, 5.74) is 2.28. The Bertz CT molecular complexity index is 1000. The molecule has 0 atom stereocenters. The van der Waals surface area contributed by atoms with E-state index in [1.165, 1.54) is 23.3 Å². The third-order valence-electron chi connectivity index (χ3n) is 6.69. The highest BCUT2D eigenvalue weighted by atomic mass is 32.1. The van der Waals surface area contributed by atoms with Crippen molar-refractivity contribution in [2.45, 2.75) is 39.0 Å². The van der Waals surface area contributed by atoms with Crippen molar-refractivity contribution in [3.8, 4) is 0 Å². The maximum atomic E-state index is 13.2. The van der Waals surface area contributed by atoms with Crippen LogP contribution in [0.25, 0.3) is 0 Å². The number of piperazine rings is 1. The second-order valence-corrected chi connectivity index (χ2v) is 10.3. The molecule has 34 heavy (non-hydrogen) atoms. The van der Waals surface area contributed by atoms with Crippen LogP contribution in [0.15, 0.2) is 35.7 Å². The number of nitrogens with zero attached hydrogens (tertiary/aromatic N) is 3. The lowest BCUT2D eigenvalue weighted by molar-refractivity contribution is -0.133. The van der Waals surface area contributed by atoms with Gasteiger partial charge in [0.15, 0.2) is 0 Å². The van der Waals surface area contributed by atoms with Crippen molar-refractivity contribution in [3.05, 3.63) is 52.4 Å². The van der Waals surface area contributed by atoms with E-state index in [9.17, 15) is 14.4 Å². The Morgan fingerprint density at radius 3 is 2.21 bits per heavy atom. The lowest BCUT2D eigenvalue weighted by atomic mass is 10.0. The van der Waals surface area contributed by atoms with E-state index in [-0.39, 0.29) is 17.7 Å². The number of carbonyl (C=O) groups excluding carboxylic acids is 3. The van der Waals surface area contributed by atoms with E-state index in [2.05, 4.69) is 24.1 Å². The van der Waals surface area contributed by atoms with Crippen LogP contribution in [0.3, 0.4) is 0 Å². The Balaban J connectivity index is 1.31. The number of likely N-dealkylation sites (tertiary alicyclic amines) is 1. The van der Waals surface area contributed by atoms with Gasteiger partial charge in [0.2, 0.25) is 5.91 Å². The Hall–Kier alpha value is -2.71. The summed E-state index contributed by atoms with van der Waals surface area (Å²) in [6.45, 7) is 8.90. The van der Waals surface area contributed by atoms with Crippen molar-refractivity contribution in [2.75, 3.05) is 51.1 Å². The fourth-order valence-electron chi connectivity index (χ4n) is 4.48. The Kier molecular flexibility index (Phi) is 8.00. The highest BCUT2D eigenvalue weighted by Gasteiger charge is 2.27. The Morgan fingerprint density at radius 2 is 1.56 bits per heavy atom. The van der Waals surface area contributed by atoms with Crippen molar-refractivity contribution < 1.29 is 14.4 Å². The molecule has 0 spiro atoms. The average Bonchev–Trinajstić information content (AvgIpc) is 3.32. The number of piperidine rings is 1. The van der Waals surface area contributed by atoms with E-state index in [1.54, 1.807) is 6.07 Å². The maximum Gasteiger partial charge on any atom is 0.256 e. The van der Waals surface area contributed by atoms with Crippen molar-refractivity contribution >= 4 is 34.1 Å². The zero-order valence-electron chi connectivity index (χ0n) is 20.1. The minimum absolute atomic E-state index is 0.0753. The third kappa shape index (κ3) is 5.85. The number of amides is 3. The molecule has 2 fully saturated rings. The van der Waals surface area contributed by atoms with Gasteiger partial charge in [0, 0.05) is 44.8 Å². The highest BCUT2D eigenvalue weighted by Crippen LogP contribution is 2.26. The second-order valence-electron chi connectivity index (χ2n) is 9.40. The molecule has 1 aromatic carbocycles. The summed E-state index contributed by atoms with van der Waals surface area (Å²) in [6, 6.07) is 9.36. The zero-order chi connectivity index (χ0) is 24.1. The lowest BCUT2D eigenvalue weighted by Gasteiger charge is -2.36. The van der Waals surface area contributed by atoms with Crippen LogP contribution in [0, 0.1) is 0 Å². The minimum Gasteiger partial charge on any atom is -0.342 e. The predicted octanol–water partition coefficient (Wildman–Crippen LogP) is 3.89. The fraction of sp³-hybridized carbons (Fsp3) is 0.500. The quantitative estimate of drug-likeness (QED) is 0.678. The molecule has 0 bridgehead atoms. The van der Waals surface area contributed by atoms with Crippen molar-refractivity contribution in [1.82, 2.24) is 14.7 Å². The van der Waals surface area contributed by atoms with Gasteiger partial charge in [0.1, 0.15) is 5.00 Å². The molecule has 0 saturated carbocycles. The molecule has 2 aliphatic rings. The average molecular weight is 483 g/mol. The zero-order valence-corrected chi connectivity index (χ0v) is 20.9. The summed E-state index contributed by atoms with van der Waals surface area (Å²) < 4.78 is 0. The molecule has 2 saturated heterocycles. The molecule has 0 unspecified atom stereocenters. The maximum absolute atomic E-state index is 13.2. The van der Waals surface area contributed by atoms with E-state index in [0.717, 1.165) is 25.9 Å². The minimum atomic E-state index is -0.215. The van der Waals surface area contributed by atoms with Crippen LogP contribution in [0.2, 0.25) is 0 Å². The molecule has 0 aliphatic carbocycles. The molecule has 2 aliphatic heterocycles. The van der Waals surface area contributed by atoms with Gasteiger partial charge in [0.25, 0.3) is 11.8 Å². The van der Waals surface area contributed by atoms with Crippen LogP contribution in [-0.2, 0) is 4.79 Å². The van der Waals surface area contributed by atoms with Gasteiger partial charge in [-0.15, -0.1) is 11.3 Å². The van der Waals surface area contributed by atoms with E-state index >= 15 is 0 Å². The lowest BCUT2D eigenvalue weighted by Crippen LogP contribution is -2.52. The topological polar surface area (TPSA) is 73.0 Å². The molecule has 4 rings (SSSR count). The van der Waals surface area contributed by atoms with E-state index < -0.39 is 0 Å². The van der Waals surface area contributed by atoms with E-state index in [0.29, 0.717) is 54.8 Å². The molecular weight excluding hydrogens is 448 g/mol. The molecule has 1 N–H and O–H groups in total. The molecule has 3 heterocycles. The first-order chi connectivity index (χ1) is 16.4. The third-order valence-corrected chi connectivity index (χ3v) is 7.52. The van der Waals surface area contributed by atoms with Crippen LogP contribution >= 0.6 is 11.3 Å². The molecule has 0 radical (unpaired) electrons. The summed E-state index contributed by atoms with van der Waals surface area (Å²) in [6.07, 6.45) is 3.40. The van der Waals surface area contributed by atoms with Crippen LogP contribution in [0.4, 0.5) is 5.00 Å². The van der Waals surface area contributed by atoms with Gasteiger partial charge >= 0.3 is 0 Å². The van der Waals surface area contributed by atoms with Gasteiger partial charge in [-0.05, 0) is 54.3 Å². The van der Waals surface area contributed by atoms with Crippen molar-refractivity contribution in [1.29, 1.82) is 0 Å². The van der Waals surface area contributed by atoms with Gasteiger partial charge in [-0.25, -0.2) is 0 Å². The van der Waals surface area contributed by atoms with Crippen LogP contribution < -0.4 is 5.32 Å². The molecule has 8 heteroatoms. The number of carbonyl (C=O) groups is 3. The van der Waals surface area contributed by atoms with Crippen molar-refractivity contribution in [2.24, 2.45) is 0 Å². The SMILES string of the molecule is CC(C)c1ccc(C(=O)Nc2sccc2C(=O)N2CCN(CC(=O)N3CCCCC3)CC2)cc1. The van der Waals surface area contributed by atoms with Crippen LogP contribution in [-0.4, -0.2) is 78.2 Å². The smallest absolute Gasteiger partial charge is 0.256 e. The Morgan fingerprint density at radius 1 is 0.882 bits per heavy atom. The summed E-state index contributed by atoms with van der Waals surface area (Å²) in [7, 11) is 0. The monoisotopic (exact) mass is 482 g/mol. The molecule has 182 valence electrons. The number of rotatable bonds is 6. The number of thiophene rings is 1. The second kappa shape index (κ2) is 11.1. The summed E-state index contributed by atoms with van der Waals surface area (Å²) >= 11 is 1.36. The number of anilines is 1. The standard InChI is InChI=1S/C26H34N4O3S/c1-19(2)20-6-8-21(9-7-20)24(32)27-25-22(10-17-34-25)26(33)30-15-13-28(14-16-30)18-23(31)29-11-4-3-5-12-29/h6-10,17,19H,3-5,11-16,18H2,1-2H3,(H,27,32). The summed E-state index contributed by atoms with van der Waals surface area (Å²) in [5, 5.41) is 5.32. The number of hydrogen-bond donors (Lipinski definition) is 1. The number of benzene rings is 1. The van der Waals surface area contributed by atoms with E-state index in [1.807, 2.05) is 39.4 Å². The van der Waals surface area contributed by atoms with Gasteiger partial charge in [-0.2, -0.15) is 0 Å². The largest absolute Gasteiger partial charge is 0.342 e. The van der Waals surface area contributed by atoms with Gasteiger partial charge in [-0.1, -0.05) is 26.0 Å². The molecule has 7 nitrogen and oxygen atoms in total. The summed E-state index contributed by atoms with van der Waals surface area (Å²) in [4.78, 5) is 44.4. The number of hydrogen-bond acceptors (Lipinski definition) is 5. The van der Waals surface area contributed by atoms with E-state index in [4.69, 9.17) is 0 Å². The van der Waals surface area contributed by atoms with Gasteiger partial charge in [0.05, 0.1) is 12.1 Å². The van der Waals surface area contributed by atoms with Crippen molar-refractivity contribution in [3.63, 3.8) is 0 Å². The summed E-state index contributed by atoms with van der Waals surface area (Å²) in [5.74, 6) is 0.312. The first-order valence-corrected chi connectivity index (χ1v) is 13.1.